The topological polar surface area (TPSA) is 48.9 Å². The van der Waals surface area contributed by atoms with Crippen LogP contribution in [0.1, 0.15) is 0 Å². The van der Waals surface area contributed by atoms with Crippen molar-refractivity contribution in [2.75, 3.05) is 0 Å². The van der Waals surface area contributed by atoms with Gasteiger partial charge in [-0.3, -0.25) is 0 Å². The smallest absolute Gasteiger partial charge is 0.203 e. The molecule has 19 heavy (non-hydrogen) atoms. The summed E-state index contributed by atoms with van der Waals surface area (Å²) in [6.07, 6.45) is 0. The normalized spacial score (nSPS) is 11.1. The van der Waals surface area contributed by atoms with Gasteiger partial charge in [-0.1, -0.05) is 12.1 Å². The van der Waals surface area contributed by atoms with E-state index in [1.165, 1.54) is 0 Å². The molecule has 3 aromatic rings. The minimum atomic E-state index is -1.61. The summed E-state index contributed by atoms with van der Waals surface area (Å²) < 4.78 is 40.0. The van der Waals surface area contributed by atoms with E-state index in [4.69, 9.17) is 0 Å². The number of phenolic OH excluding ortho intramolecular Hbond substituents is 1. The summed E-state index contributed by atoms with van der Waals surface area (Å²) in [7, 11) is 0. The quantitative estimate of drug-likeness (QED) is 0.662. The van der Waals surface area contributed by atoms with Gasteiger partial charge in [0, 0.05) is 0 Å². The number of H-pyrrole nitrogens is 1. The number of aromatic nitrogens is 2. The van der Waals surface area contributed by atoms with E-state index in [9.17, 15) is 18.3 Å². The molecule has 1 heterocycles. The van der Waals surface area contributed by atoms with Crippen molar-refractivity contribution in [2.24, 2.45) is 0 Å². The molecule has 0 aliphatic carbocycles. The second kappa shape index (κ2) is 4.01. The molecule has 0 amide bonds. The maximum Gasteiger partial charge on any atom is 0.203 e. The molecule has 2 N–H and O–H groups in total. The van der Waals surface area contributed by atoms with E-state index in [0.29, 0.717) is 17.1 Å². The standard InChI is InChI=1S/C13H7F3N2O/c14-7-5-6(10(15)12(19)11(7)16)13-17-8-3-1-2-4-9(8)18-13/h1-5,19H,(H,17,18). The molecule has 0 saturated heterocycles. The van der Waals surface area contributed by atoms with E-state index in [1.54, 1.807) is 24.3 Å². The average Bonchev–Trinajstić information content (AvgIpc) is 2.84. The summed E-state index contributed by atoms with van der Waals surface area (Å²) in [5, 5.41) is 9.17. The molecule has 0 saturated carbocycles. The Morgan fingerprint density at radius 3 is 2.53 bits per heavy atom. The van der Waals surface area contributed by atoms with E-state index in [0.717, 1.165) is 0 Å². The summed E-state index contributed by atoms with van der Waals surface area (Å²) in [4.78, 5) is 6.84. The van der Waals surface area contributed by atoms with E-state index in [-0.39, 0.29) is 11.4 Å². The van der Waals surface area contributed by atoms with Gasteiger partial charge in [0.15, 0.2) is 17.4 Å². The first-order chi connectivity index (χ1) is 9.08. The lowest BCUT2D eigenvalue weighted by molar-refractivity contribution is 0.377. The highest BCUT2D eigenvalue weighted by molar-refractivity contribution is 5.79. The van der Waals surface area contributed by atoms with Crippen molar-refractivity contribution < 1.29 is 18.3 Å². The van der Waals surface area contributed by atoms with Crippen molar-refractivity contribution >= 4 is 11.0 Å². The molecule has 0 fully saturated rings. The molecule has 3 nitrogen and oxygen atoms in total. The maximum absolute atomic E-state index is 13.7. The molecule has 0 aliphatic heterocycles. The first-order valence-electron chi connectivity index (χ1n) is 5.39. The highest BCUT2D eigenvalue weighted by Gasteiger charge is 2.20. The lowest BCUT2D eigenvalue weighted by atomic mass is 10.1. The molecule has 1 aromatic heterocycles. The van der Waals surface area contributed by atoms with Gasteiger partial charge in [0.05, 0.1) is 16.6 Å². The van der Waals surface area contributed by atoms with Gasteiger partial charge in [-0.15, -0.1) is 0 Å². The average molecular weight is 264 g/mol. The minimum absolute atomic E-state index is 0.0212. The number of phenols is 1. The van der Waals surface area contributed by atoms with Crippen molar-refractivity contribution in [1.82, 2.24) is 9.97 Å². The van der Waals surface area contributed by atoms with Crippen LogP contribution in [0.5, 0.6) is 5.75 Å². The lowest BCUT2D eigenvalue weighted by Gasteiger charge is -2.03. The molecule has 2 aromatic carbocycles. The molecular formula is C13H7F3N2O. The fourth-order valence-corrected chi connectivity index (χ4v) is 1.84. The Labute approximate surface area is 105 Å². The van der Waals surface area contributed by atoms with E-state index in [2.05, 4.69) is 9.97 Å². The number of benzene rings is 2. The Bertz CT molecular complexity index is 750. The Kier molecular flexibility index (Phi) is 2.45. The molecule has 0 unspecified atom stereocenters. The van der Waals surface area contributed by atoms with Crippen LogP contribution >= 0.6 is 0 Å². The van der Waals surface area contributed by atoms with Crippen LogP contribution in [0.15, 0.2) is 30.3 Å². The Balaban J connectivity index is 2.27. The van der Waals surface area contributed by atoms with Crippen LogP contribution in [0.4, 0.5) is 13.2 Å². The van der Waals surface area contributed by atoms with Crippen LogP contribution in [0.2, 0.25) is 0 Å². The van der Waals surface area contributed by atoms with Gasteiger partial charge in [0.2, 0.25) is 5.82 Å². The second-order valence-electron chi connectivity index (χ2n) is 3.99. The number of hydrogen-bond donors (Lipinski definition) is 2. The summed E-state index contributed by atoms with van der Waals surface area (Å²) in [6, 6.07) is 7.55. The fraction of sp³-hybridized carbons (Fsp3) is 0. The van der Waals surface area contributed by atoms with Crippen molar-refractivity contribution in [3.63, 3.8) is 0 Å². The summed E-state index contributed by atoms with van der Waals surface area (Å²) >= 11 is 0. The predicted molar refractivity (Wildman–Crippen MR) is 63.1 cm³/mol. The van der Waals surface area contributed by atoms with Crippen molar-refractivity contribution in [2.45, 2.75) is 0 Å². The number of rotatable bonds is 1. The summed E-state index contributed by atoms with van der Waals surface area (Å²) in [5.41, 5.74) is 0.856. The molecule has 6 heteroatoms. The molecule has 0 bridgehead atoms. The van der Waals surface area contributed by atoms with Gasteiger partial charge in [-0.2, -0.15) is 4.39 Å². The van der Waals surface area contributed by atoms with Crippen molar-refractivity contribution in [3.05, 3.63) is 47.8 Å². The van der Waals surface area contributed by atoms with Crippen LogP contribution in [0.3, 0.4) is 0 Å². The van der Waals surface area contributed by atoms with Gasteiger partial charge >= 0.3 is 0 Å². The Hall–Kier alpha value is -2.50. The third-order valence-corrected chi connectivity index (χ3v) is 2.78. The first-order valence-corrected chi connectivity index (χ1v) is 5.39. The van der Waals surface area contributed by atoms with Gasteiger partial charge in [0.25, 0.3) is 0 Å². The molecule has 96 valence electrons. The first kappa shape index (κ1) is 11.6. The number of imidazole rings is 1. The number of para-hydroxylation sites is 2. The molecule has 0 radical (unpaired) electrons. The molecule has 0 aliphatic rings. The minimum Gasteiger partial charge on any atom is -0.503 e. The van der Waals surface area contributed by atoms with Gasteiger partial charge in [-0.25, -0.2) is 13.8 Å². The van der Waals surface area contributed by atoms with Gasteiger partial charge in [0.1, 0.15) is 5.82 Å². The molecule has 0 atom stereocenters. The monoisotopic (exact) mass is 264 g/mol. The predicted octanol–water partition coefficient (Wildman–Crippen LogP) is 3.35. The zero-order valence-corrected chi connectivity index (χ0v) is 9.42. The third-order valence-electron chi connectivity index (χ3n) is 2.78. The molecule has 3 rings (SSSR count). The van der Waals surface area contributed by atoms with Crippen LogP contribution < -0.4 is 0 Å². The third kappa shape index (κ3) is 1.72. The van der Waals surface area contributed by atoms with Gasteiger partial charge in [-0.05, 0) is 18.2 Å². The molecule has 0 spiro atoms. The zero-order chi connectivity index (χ0) is 13.6. The number of hydrogen-bond acceptors (Lipinski definition) is 2. The molecular weight excluding hydrogens is 257 g/mol. The maximum atomic E-state index is 13.7. The van der Waals surface area contributed by atoms with Gasteiger partial charge < -0.3 is 10.1 Å². The Morgan fingerprint density at radius 2 is 1.79 bits per heavy atom. The van der Waals surface area contributed by atoms with Crippen LogP contribution in [-0.4, -0.2) is 15.1 Å². The Morgan fingerprint density at radius 1 is 1.05 bits per heavy atom. The number of nitrogens with one attached hydrogen (secondary N) is 1. The zero-order valence-electron chi connectivity index (χ0n) is 9.42. The fourth-order valence-electron chi connectivity index (χ4n) is 1.84. The summed E-state index contributed by atoms with van der Waals surface area (Å²) in [5.74, 6) is -5.53. The number of fused-ring (bicyclic) bond motifs is 1. The largest absolute Gasteiger partial charge is 0.503 e. The van der Waals surface area contributed by atoms with Crippen LogP contribution in [0, 0.1) is 17.5 Å². The lowest BCUT2D eigenvalue weighted by Crippen LogP contribution is -1.94. The van der Waals surface area contributed by atoms with Crippen molar-refractivity contribution in [3.8, 4) is 17.1 Å². The summed E-state index contributed by atoms with van der Waals surface area (Å²) in [6.45, 7) is 0. The van der Waals surface area contributed by atoms with Crippen LogP contribution in [0.25, 0.3) is 22.4 Å². The highest BCUT2D eigenvalue weighted by Crippen LogP contribution is 2.31. The SMILES string of the molecule is Oc1c(F)c(F)cc(-c2nc3ccccc3[nH]2)c1F. The number of aromatic amines is 1. The number of nitrogens with zero attached hydrogens (tertiary/aromatic N) is 1. The van der Waals surface area contributed by atoms with E-state index < -0.39 is 23.2 Å². The highest BCUT2D eigenvalue weighted by atomic mass is 19.2. The second-order valence-corrected chi connectivity index (χ2v) is 3.99. The number of halogens is 3. The van der Waals surface area contributed by atoms with Crippen molar-refractivity contribution in [1.29, 1.82) is 0 Å². The van der Waals surface area contributed by atoms with E-state index in [1.807, 2.05) is 0 Å². The van der Waals surface area contributed by atoms with E-state index >= 15 is 0 Å². The number of aromatic hydroxyl groups is 1. The van der Waals surface area contributed by atoms with Crippen LogP contribution in [-0.2, 0) is 0 Å².